The lowest BCUT2D eigenvalue weighted by Crippen LogP contribution is -2.30. The Morgan fingerprint density at radius 1 is 1.37 bits per heavy atom. The number of hydrogen-bond acceptors (Lipinski definition) is 5. The summed E-state index contributed by atoms with van der Waals surface area (Å²) < 4.78 is 51.2. The van der Waals surface area contributed by atoms with E-state index >= 15 is 0 Å². The van der Waals surface area contributed by atoms with Crippen LogP contribution in [0.4, 0.5) is 8.78 Å². The third-order valence-electron chi connectivity index (χ3n) is 2.49. The Kier molecular flexibility index (Phi) is 5.64. The molecule has 108 valence electrons. The minimum atomic E-state index is -3.16. The number of ether oxygens (including phenoxy) is 1. The van der Waals surface area contributed by atoms with Crippen molar-refractivity contribution in [2.45, 2.75) is 19.1 Å². The SMILES string of the molecule is CS(=O)(=O)CCC(NN)c1ccccc1OC(F)F. The molecule has 1 atom stereocenters. The molecule has 0 bridgehead atoms. The number of benzene rings is 1. The molecule has 1 aromatic rings. The number of para-hydroxylation sites is 1. The highest BCUT2D eigenvalue weighted by molar-refractivity contribution is 7.90. The Morgan fingerprint density at radius 2 is 2.00 bits per heavy atom. The van der Waals surface area contributed by atoms with Crippen LogP contribution in [0.15, 0.2) is 24.3 Å². The number of halogens is 2. The summed E-state index contributed by atoms with van der Waals surface area (Å²) >= 11 is 0. The van der Waals surface area contributed by atoms with Crippen LogP contribution >= 0.6 is 0 Å². The van der Waals surface area contributed by atoms with E-state index in [0.717, 1.165) is 6.26 Å². The van der Waals surface area contributed by atoms with Crippen molar-refractivity contribution in [3.8, 4) is 5.75 Å². The Labute approximate surface area is 110 Å². The van der Waals surface area contributed by atoms with Gasteiger partial charge >= 0.3 is 6.61 Å². The van der Waals surface area contributed by atoms with Gasteiger partial charge in [0.1, 0.15) is 15.6 Å². The fourth-order valence-corrected chi connectivity index (χ4v) is 2.30. The van der Waals surface area contributed by atoms with E-state index in [9.17, 15) is 17.2 Å². The summed E-state index contributed by atoms with van der Waals surface area (Å²) in [6.45, 7) is -2.95. The Balaban J connectivity index is 2.91. The normalized spacial score (nSPS) is 13.5. The van der Waals surface area contributed by atoms with E-state index in [1.807, 2.05) is 0 Å². The summed E-state index contributed by atoms with van der Waals surface area (Å²) in [5.74, 6) is 5.22. The zero-order valence-corrected chi connectivity index (χ0v) is 11.2. The molecule has 0 spiro atoms. The second-order valence-corrected chi connectivity index (χ2v) is 6.31. The quantitative estimate of drug-likeness (QED) is 0.584. The third-order valence-corrected chi connectivity index (χ3v) is 3.47. The van der Waals surface area contributed by atoms with Gasteiger partial charge < -0.3 is 4.74 Å². The molecule has 1 unspecified atom stereocenters. The molecule has 8 heteroatoms. The van der Waals surface area contributed by atoms with Crippen LogP contribution < -0.4 is 16.0 Å². The van der Waals surface area contributed by atoms with Crippen LogP contribution in [0.25, 0.3) is 0 Å². The number of nitrogens with one attached hydrogen (secondary N) is 1. The van der Waals surface area contributed by atoms with Crippen LogP contribution in [-0.2, 0) is 9.84 Å². The van der Waals surface area contributed by atoms with Gasteiger partial charge in [-0.25, -0.2) is 8.42 Å². The zero-order chi connectivity index (χ0) is 14.5. The smallest absolute Gasteiger partial charge is 0.387 e. The highest BCUT2D eigenvalue weighted by atomic mass is 32.2. The Morgan fingerprint density at radius 3 is 2.53 bits per heavy atom. The molecular formula is C11H16F2N2O3S. The van der Waals surface area contributed by atoms with E-state index in [4.69, 9.17) is 5.84 Å². The predicted octanol–water partition coefficient (Wildman–Crippen LogP) is 1.23. The van der Waals surface area contributed by atoms with Crippen LogP contribution in [0.1, 0.15) is 18.0 Å². The molecule has 3 N–H and O–H groups in total. The van der Waals surface area contributed by atoms with Gasteiger partial charge in [0, 0.05) is 11.8 Å². The topological polar surface area (TPSA) is 81.4 Å². The van der Waals surface area contributed by atoms with Crippen LogP contribution in [0, 0.1) is 0 Å². The second kappa shape index (κ2) is 6.78. The van der Waals surface area contributed by atoms with E-state index in [0.29, 0.717) is 5.56 Å². The minimum absolute atomic E-state index is 0.0195. The first kappa shape index (κ1) is 15.8. The molecule has 0 aliphatic heterocycles. The third kappa shape index (κ3) is 5.50. The molecule has 0 aromatic heterocycles. The van der Waals surface area contributed by atoms with Gasteiger partial charge in [-0.1, -0.05) is 18.2 Å². The van der Waals surface area contributed by atoms with Crippen LogP contribution in [-0.4, -0.2) is 27.0 Å². The van der Waals surface area contributed by atoms with E-state index in [2.05, 4.69) is 10.2 Å². The molecule has 0 saturated carbocycles. The van der Waals surface area contributed by atoms with Gasteiger partial charge in [-0.3, -0.25) is 11.3 Å². The maximum Gasteiger partial charge on any atom is 0.387 e. The van der Waals surface area contributed by atoms with E-state index in [1.54, 1.807) is 18.2 Å². The van der Waals surface area contributed by atoms with E-state index in [-0.39, 0.29) is 17.9 Å². The number of nitrogens with two attached hydrogens (primary N) is 1. The van der Waals surface area contributed by atoms with Crippen molar-refractivity contribution < 1.29 is 21.9 Å². The molecule has 0 amide bonds. The molecule has 1 rings (SSSR count). The summed E-state index contributed by atoms with van der Waals surface area (Å²) in [7, 11) is -3.16. The van der Waals surface area contributed by atoms with Crippen molar-refractivity contribution in [2.75, 3.05) is 12.0 Å². The molecule has 5 nitrogen and oxygen atoms in total. The van der Waals surface area contributed by atoms with Crippen LogP contribution in [0.5, 0.6) is 5.75 Å². The number of hydrogen-bond donors (Lipinski definition) is 2. The fraction of sp³-hybridized carbons (Fsp3) is 0.455. The molecule has 0 heterocycles. The average Bonchev–Trinajstić information content (AvgIpc) is 2.29. The Bertz CT molecular complexity index is 508. The van der Waals surface area contributed by atoms with Crippen LogP contribution in [0.3, 0.4) is 0 Å². The first-order valence-corrected chi connectivity index (χ1v) is 7.57. The number of alkyl halides is 2. The zero-order valence-electron chi connectivity index (χ0n) is 10.3. The number of rotatable bonds is 7. The highest BCUT2D eigenvalue weighted by Gasteiger charge is 2.18. The number of sulfone groups is 1. The summed E-state index contributed by atoms with van der Waals surface area (Å²) in [6, 6.07) is 5.55. The highest BCUT2D eigenvalue weighted by Crippen LogP contribution is 2.28. The monoisotopic (exact) mass is 294 g/mol. The predicted molar refractivity (Wildman–Crippen MR) is 67.5 cm³/mol. The van der Waals surface area contributed by atoms with E-state index in [1.165, 1.54) is 6.07 Å². The summed E-state index contributed by atoms with van der Waals surface area (Å²) in [5.41, 5.74) is 2.81. The summed E-state index contributed by atoms with van der Waals surface area (Å²) in [4.78, 5) is 0. The largest absolute Gasteiger partial charge is 0.434 e. The lowest BCUT2D eigenvalue weighted by Gasteiger charge is -2.19. The van der Waals surface area contributed by atoms with Gasteiger partial charge in [-0.05, 0) is 12.5 Å². The Hall–Kier alpha value is -1.25. The summed E-state index contributed by atoms with van der Waals surface area (Å²) in [5, 5.41) is 0. The van der Waals surface area contributed by atoms with Crippen LogP contribution in [0.2, 0.25) is 0 Å². The molecule has 0 aliphatic rings. The van der Waals surface area contributed by atoms with Crippen molar-refractivity contribution in [1.29, 1.82) is 0 Å². The van der Waals surface area contributed by atoms with Crippen molar-refractivity contribution in [3.05, 3.63) is 29.8 Å². The van der Waals surface area contributed by atoms with E-state index < -0.39 is 22.5 Å². The molecule has 19 heavy (non-hydrogen) atoms. The molecular weight excluding hydrogens is 278 g/mol. The molecule has 0 fully saturated rings. The minimum Gasteiger partial charge on any atom is -0.434 e. The molecule has 1 aromatic carbocycles. The summed E-state index contributed by atoms with van der Waals surface area (Å²) in [6.07, 6.45) is 1.26. The maximum absolute atomic E-state index is 12.3. The number of hydrazine groups is 1. The second-order valence-electron chi connectivity index (χ2n) is 4.05. The van der Waals surface area contributed by atoms with Crippen molar-refractivity contribution in [1.82, 2.24) is 5.43 Å². The van der Waals surface area contributed by atoms with Gasteiger partial charge in [-0.2, -0.15) is 8.78 Å². The van der Waals surface area contributed by atoms with Gasteiger partial charge in [-0.15, -0.1) is 0 Å². The average molecular weight is 294 g/mol. The van der Waals surface area contributed by atoms with Crippen molar-refractivity contribution in [3.63, 3.8) is 0 Å². The van der Waals surface area contributed by atoms with Crippen molar-refractivity contribution >= 4 is 9.84 Å². The van der Waals surface area contributed by atoms with Gasteiger partial charge in [0.2, 0.25) is 0 Å². The lowest BCUT2D eigenvalue weighted by atomic mass is 10.0. The standard InChI is InChI=1S/C11H16F2N2O3S/c1-19(16,17)7-6-9(15-14)8-4-2-3-5-10(8)18-11(12)13/h2-5,9,11,15H,6-7,14H2,1H3. The molecule has 0 saturated heterocycles. The van der Waals surface area contributed by atoms with Gasteiger partial charge in [0.05, 0.1) is 11.8 Å². The lowest BCUT2D eigenvalue weighted by molar-refractivity contribution is -0.0507. The molecule has 0 aliphatic carbocycles. The van der Waals surface area contributed by atoms with Gasteiger partial charge in [0.15, 0.2) is 0 Å². The first-order valence-electron chi connectivity index (χ1n) is 5.51. The maximum atomic E-state index is 12.3. The van der Waals surface area contributed by atoms with Gasteiger partial charge in [0.25, 0.3) is 0 Å². The van der Waals surface area contributed by atoms with Crippen molar-refractivity contribution in [2.24, 2.45) is 5.84 Å². The first-order chi connectivity index (χ1) is 8.83. The fourth-order valence-electron chi connectivity index (χ4n) is 1.63. The molecule has 0 radical (unpaired) electrons.